The number of benzene rings is 1. The first kappa shape index (κ1) is 12.6. The fourth-order valence-corrected chi connectivity index (χ4v) is 1.55. The molecule has 0 spiro atoms. The number of methoxy groups -OCH3 is 1. The van der Waals surface area contributed by atoms with Crippen molar-refractivity contribution in [1.82, 2.24) is 9.97 Å². The van der Waals surface area contributed by atoms with E-state index in [1.165, 1.54) is 7.11 Å². The van der Waals surface area contributed by atoms with Crippen LogP contribution in [0.2, 0.25) is 0 Å². The Labute approximate surface area is 110 Å². The molecule has 0 radical (unpaired) electrons. The summed E-state index contributed by atoms with van der Waals surface area (Å²) < 4.78 is 10.7. The van der Waals surface area contributed by atoms with E-state index in [1.54, 1.807) is 31.2 Å². The molecule has 1 aromatic carbocycles. The van der Waals surface area contributed by atoms with Crippen molar-refractivity contribution < 1.29 is 9.47 Å². The van der Waals surface area contributed by atoms with E-state index in [-0.39, 0.29) is 5.95 Å². The summed E-state index contributed by atoms with van der Waals surface area (Å²) in [4.78, 5) is 7.91. The lowest BCUT2D eigenvalue weighted by molar-refractivity contribution is 0.407. The molecule has 0 atom stereocenters. The van der Waals surface area contributed by atoms with Gasteiger partial charge in [-0.1, -0.05) is 0 Å². The van der Waals surface area contributed by atoms with E-state index in [0.29, 0.717) is 28.6 Å². The van der Waals surface area contributed by atoms with Crippen LogP contribution in [0.3, 0.4) is 0 Å². The average molecular weight is 256 g/mol. The summed E-state index contributed by atoms with van der Waals surface area (Å²) in [6.45, 7) is 1.79. The summed E-state index contributed by atoms with van der Waals surface area (Å²) in [5.41, 5.74) is 6.68. The number of ether oxygens (including phenoxy) is 2. The number of nitrogen functional groups attached to an aromatic ring is 1. The van der Waals surface area contributed by atoms with Gasteiger partial charge in [-0.15, -0.1) is 0 Å². The van der Waals surface area contributed by atoms with Crippen molar-refractivity contribution in [3.63, 3.8) is 0 Å². The number of aromatic nitrogens is 2. The fraction of sp³-hybridized carbons (Fsp3) is 0.154. The highest BCUT2D eigenvalue weighted by atomic mass is 16.5. The van der Waals surface area contributed by atoms with E-state index < -0.39 is 0 Å². The summed E-state index contributed by atoms with van der Waals surface area (Å²) in [7, 11) is 1.52. The van der Waals surface area contributed by atoms with Crippen LogP contribution in [0.5, 0.6) is 17.4 Å². The first-order chi connectivity index (χ1) is 9.10. The van der Waals surface area contributed by atoms with Crippen LogP contribution in [0.1, 0.15) is 11.3 Å². The molecule has 0 saturated heterocycles. The van der Waals surface area contributed by atoms with Crippen LogP contribution in [-0.2, 0) is 0 Å². The van der Waals surface area contributed by atoms with Gasteiger partial charge in [0.1, 0.15) is 11.5 Å². The van der Waals surface area contributed by atoms with Gasteiger partial charge in [-0.05, 0) is 19.1 Å². The lowest BCUT2D eigenvalue weighted by Crippen LogP contribution is -1.99. The number of nitriles is 1. The standard InChI is InChI=1S/C13H12N4O2/c1-8-3-12(17-13(15)16-8)19-11-5-9(7-14)4-10(6-11)18-2/h3-6H,1-2H3,(H2,15,16,17). The summed E-state index contributed by atoms with van der Waals surface area (Å²) in [5.74, 6) is 1.45. The van der Waals surface area contributed by atoms with Crippen molar-refractivity contribution >= 4 is 5.95 Å². The molecule has 6 nitrogen and oxygen atoms in total. The molecule has 1 heterocycles. The summed E-state index contributed by atoms with van der Waals surface area (Å²) in [6.07, 6.45) is 0. The topological polar surface area (TPSA) is 94.0 Å². The van der Waals surface area contributed by atoms with Crippen LogP contribution in [0.4, 0.5) is 5.95 Å². The first-order valence-corrected chi connectivity index (χ1v) is 5.49. The van der Waals surface area contributed by atoms with Crippen LogP contribution in [0, 0.1) is 18.3 Å². The second-order valence-electron chi connectivity index (χ2n) is 3.82. The van der Waals surface area contributed by atoms with Crippen LogP contribution < -0.4 is 15.2 Å². The highest BCUT2D eigenvalue weighted by molar-refractivity contribution is 5.45. The number of hydrogen-bond donors (Lipinski definition) is 1. The molecule has 6 heteroatoms. The summed E-state index contributed by atoms with van der Waals surface area (Å²) >= 11 is 0. The number of nitrogens with two attached hydrogens (primary N) is 1. The van der Waals surface area contributed by atoms with E-state index in [2.05, 4.69) is 9.97 Å². The third-order valence-corrected chi connectivity index (χ3v) is 2.32. The Morgan fingerprint density at radius 3 is 2.53 bits per heavy atom. The lowest BCUT2D eigenvalue weighted by Gasteiger charge is -2.08. The minimum atomic E-state index is 0.137. The Morgan fingerprint density at radius 1 is 1.16 bits per heavy atom. The molecule has 0 amide bonds. The molecule has 2 aromatic rings. The number of anilines is 1. The molecular weight excluding hydrogens is 244 g/mol. The Morgan fingerprint density at radius 2 is 1.89 bits per heavy atom. The Hall–Kier alpha value is -2.81. The van der Waals surface area contributed by atoms with Crippen molar-refractivity contribution in [1.29, 1.82) is 5.26 Å². The molecule has 96 valence electrons. The van der Waals surface area contributed by atoms with Gasteiger partial charge in [0.25, 0.3) is 0 Å². The molecule has 2 rings (SSSR count). The second-order valence-corrected chi connectivity index (χ2v) is 3.82. The Balaban J connectivity index is 2.35. The highest BCUT2D eigenvalue weighted by Crippen LogP contribution is 2.26. The molecule has 0 aliphatic rings. The van der Waals surface area contributed by atoms with Gasteiger partial charge in [0.2, 0.25) is 11.8 Å². The number of nitrogens with zero attached hydrogens (tertiary/aromatic N) is 3. The Kier molecular flexibility index (Phi) is 3.48. The van der Waals surface area contributed by atoms with Gasteiger partial charge >= 0.3 is 0 Å². The number of hydrogen-bond acceptors (Lipinski definition) is 6. The Bertz CT molecular complexity index is 629. The predicted octanol–water partition coefficient (Wildman–Crippen LogP) is 2.04. The molecule has 0 bridgehead atoms. The van der Waals surface area contributed by atoms with Gasteiger partial charge in [-0.2, -0.15) is 10.2 Å². The van der Waals surface area contributed by atoms with Gasteiger partial charge in [0.05, 0.1) is 18.7 Å². The van der Waals surface area contributed by atoms with Crippen molar-refractivity contribution in [2.24, 2.45) is 0 Å². The highest BCUT2D eigenvalue weighted by Gasteiger charge is 2.06. The molecule has 0 saturated carbocycles. The molecule has 19 heavy (non-hydrogen) atoms. The normalized spacial score (nSPS) is 9.74. The SMILES string of the molecule is COc1cc(C#N)cc(Oc2cc(C)nc(N)n2)c1. The van der Waals surface area contributed by atoms with Crippen LogP contribution >= 0.6 is 0 Å². The molecule has 1 aromatic heterocycles. The number of aryl methyl sites for hydroxylation is 1. The van der Waals surface area contributed by atoms with Crippen molar-refractivity contribution in [2.75, 3.05) is 12.8 Å². The summed E-state index contributed by atoms with van der Waals surface area (Å²) in [5, 5.41) is 8.93. The molecule has 0 fully saturated rings. The largest absolute Gasteiger partial charge is 0.497 e. The minimum Gasteiger partial charge on any atom is -0.497 e. The third kappa shape index (κ3) is 3.10. The second kappa shape index (κ2) is 5.23. The summed E-state index contributed by atoms with van der Waals surface area (Å²) in [6, 6.07) is 8.56. The van der Waals surface area contributed by atoms with Crippen LogP contribution in [0.25, 0.3) is 0 Å². The smallest absolute Gasteiger partial charge is 0.224 e. The molecule has 0 aliphatic heterocycles. The van der Waals surface area contributed by atoms with Crippen molar-refractivity contribution in [3.8, 4) is 23.4 Å². The van der Waals surface area contributed by atoms with E-state index in [1.807, 2.05) is 6.07 Å². The lowest BCUT2D eigenvalue weighted by atomic mass is 10.2. The van der Waals surface area contributed by atoms with E-state index in [0.717, 1.165) is 0 Å². The maximum atomic E-state index is 8.93. The molecule has 2 N–H and O–H groups in total. The van der Waals surface area contributed by atoms with Crippen molar-refractivity contribution in [3.05, 3.63) is 35.5 Å². The third-order valence-electron chi connectivity index (χ3n) is 2.32. The van der Waals surface area contributed by atoms with Gasteiger partial charge in [-0.25, -0.2) is 4.98 Å². The maximum Gasteiger partial charge on any atom is 0.224 e. The number of rotatable bonds is 3. The van der Waals surface area contributed by atoms with E-state index in [4.69, 9.17) is 20.5 Å². The van der Waals surface area contributed by atoms with Crippen LogP contribution in [0.15, 0.2) is 24.3 Å². The van der Waals surface area contributed by atoms with Gasteiger partial charge in [0, 0.05) is 17.8 Å². The minimum absolute atomic E-state index is 0.137. The van der Waals surface area contributed by atoms with Gasteiger partial charge < -0.3 is 15.2 Å². The van der Waals surface area contributed by atoms with Gasteiger partial charge in [-0.3, -0.25) is 0 Å². The zero-order valence-corrected chi connectivity index (χ0v) is 10.5. The quantitative estimate of drug-likeness (QED) is 0.903. The van der Waals surface area contributed by atoms with Gasteiger partial charge in [0.15, 0.2) is 0 Å². The average Bonchev–Trinajstić information content (AvgIpc) is 2.37. The van der Waals surface area contributed by atoms with Crippen molar-refractivity contribution in [2.45, 2.75) is 6.92 Å². The maximum absolute atomic E-state index is 8.93. The molecule has 0 unspecified atom stereocenters. The zero-order valence-electron chi connectivity index (χ0n) is 10.5. The van der Waals surface area contributed by atoms with E-state index in [9.17, 15) is 0 Å². The molecule has 0 aliphatic carbocycles. The first-order valence-electron chi connectivity index (χ1n) is 5.49. The molecular formula is C13H12N4O2. The zero-order chi connectivity index (χ0) is 13.8. The monoisotopic (exact) mass is 256 g/mol. The van der Waals surface area contributed by atoms with Crippen LogP contribution in [-0.4, -0.2) is 17.1 Å². The fourth-order valence-electron chi connectivity index (χ4n) is 1.55. The van der Waals surface area contributed by atoms with E-state index >= 15 is 0 Å². The predicted molar refractivity (Wildman–Crippen MR) is 69.0 cm³/mol.